The third-order valence-corrected chi connectivity index (χ3v) is 6.48. The molecular formula is C27H27FN4O2. The summed E-state index contributed by atoms with van der Waals surface area (Å²) in [5, 5.41) is 7.82. The molecule has 3 aromatic rings. The minimum Gasteiger partial charge on any atom is -0.457 e. The molecular weight excluding hydrogens is 431 g/mol. The minimum absolute atomic E-state index is 0.0141. The number of hydrogen-bond acceptors (Lipinski definition) is 4. The maximum absolute atomic E-state index is 13.8. The number of para-hydroxylation sites is 1. The average molecular weight is 459 g/mol. The fraction of sp³-hybridized carbons (Fsp3) is 0.259. The predicted octanol–water partition coefficient (Wildman–Crippen LogP) is 4.26. The van der Waals surface area contributed by atoms with Crippen LogP contribution in [0.25, 0.3) is 0 Å². The highest BCUT2D eigenvalue weighted by molar-refractivity contribution is 5.97. The van der Waals surface area contributed by atoms with Crippen molar-refractivity contribution in [1.29, 1.82) is 5.41 Å². The van der Waals surface area contributed by atoms with Crippen LogP contribution in [0, 0.1) is 5.41 Å². The molecule has 1 fully saturated rings. The standard InChI is InChI=1S/C27H27FN4O2/c28-21-12-13-31(17-21)27(33)25-14-19-8-9-20(26(29)30)15-24(19)32(25)16-18-6-10-23(11-7-18)34-22-4-2-1-3-5-22/h1-11,15,21,25H,12-14,16-17H2,(H3,29,30)/t21-,25?/m1/s1. The molecule has 5 rings (SSSR count). The largest absolute Gasteiger partial charge is 0.457 e. The number of halogens is 1. The first-order valence-corrected chi connectivity index (χ1v) is 11.5. The summed E-state index contributed by atoms with van der Waals surface area (Å²) in [6.07, 6.45) is -0.0136. The first kappa shape index (κ1) is 21.9. The number of amidine groups is 1. The van der Waals surface area contributed by atoms with Crippen LogP contribution in [0.15, 0.2) is 72.8 Å². The van der Waals surface area contributed by atoms with Crippen LogP contribution in [0.1, 0.15) is 23.1 Å². The second kappa shape index (κ2) is 9.17. The smallest absolute Gasteiger partial charge is 0.245 e. The number of carbonyl (C=O) groups excluding carboxylic acids is 1. The maximum Gasteiger partial charge on any atom is 0.245 e. The van der Waals surface area contributed by atoms with Crippen LogP contribution in [0.2, 0.25) is 0 Å². The predicted molar refractivity (Wildman–Crippen MR) is 130 cm³/mol. The zero-order valence-corrected chi connectivity index (χ0v) is 18.8. The quantitative estimate of drug-likeness (QED) is 0.427. The topological polar surface area (TPSA) is 82.6 Å². The van der Waals surface area contributed by atoms with Crippen LogP contribution in [0.5, 0.6) is 11.5 Å². The van der Waals surface area contributed by atoms with Gasteiger partial charge in [-0.15, -0.1) is 0 Å². The molecule has 1 saturated heterocycles. The number of nitrogens with two attached hydrogens (primary N) is 1. The van der Waals surface area contributed by atoms with Crippen molar-refractivity contribution in [2.75, 3.05) is 18.0 Å². The highest BCUT2D eigenvalue weighted by Gasteiger charge is 2.39. The Hall–Kier alpha value is -3.87. The zero-order valence-electron chi connectivity index (χ0n) is 18.8. The van der Waals surface area contributed by atoms with E-state index in [1.54, 1.807) is 4.90 Å². The molecule has 6 nitrogen and oxygen atoms in total. The van der Waals surface area contributed by atoms with Gasteiger partial charge >= 0.3 is 0 Å². The van der Waals surface area contributed by atoms with Gasteiger partial charge in [-0.05, 0) is 47.9 Å². The summed E-state index contributed by atoms with van der Waals surface area (Å²) in [5.41, 5.74) is 9.29. The molecule has 1 unspecified atom stereocenters. The van der Waals surface area contributed by atoms with Crippen LogP contribution in [-0.4, -0.2) is 41.9 Å². The second-order valence-corrected chi connectivity index (χ2v) is 8.83. The van der Waals surface area contributed by atoms with Crippen molar-refractivity contribution in [3.8, 4) is 11.5 Å². The Balaban J connectivity index is 1.40. The number of rotatable bonds is 6. The zero-order chi connectivity index (χ0) is 23.7. The molecule has 0 aliphatic carbocycles. The van der Waals surface area contributed by atoms with E-state index in [9.17, 15) is 9.18 Å². The minimum atomic E-state index is -0.956. The first-order valence-electron chi connectivity index (χ1n) is 11.5. The number of ether oxygens (including phenoxy) is 1. The van der Waals surface area contributed by atoms with Gasteiger partial charge in [-0.2, -0.15) is 0 Å². The lowest BCUT2D eigenvalue weighted by molar-refractivity contribution is -0.131. The number of nitrogens with zero attached hydrogens (tertiary/aromatic N) is 2. The van der Waals surface area contributed by atoms with Crippen molar-refractivity contribution in [2.24, 2.45) is 5.73 Å². The molecule has 2 atom stereocenters. The molecule has 1 amide bonds. The lowest BCUT2D eigenvalue weighted by Gasteiger charge is -2.30. The number of anilines is 1. The molecule has 2 heterocycles. The Labute approximate surface area is 198 Å². The molecule has 0 spiro atoms. The first-order chi connectivity index (χ1) is 16.5. The fourth-order valence-electron chi connectivity index (χ4n) is 4.69. The van der Waals surface area contributed by atoms with Crippen LogP contribution < -0.4 is 15.4 Å². The third kappa shape index (κ3) is 4.46. The number of hydrogen-bond donors (Lipinski definition) is 2. The number of fused-ring (bicyclic) bond motifs is 1. The van der Waals surface area contributed by atoms with Crippen molar-refractivity contribution < 1.29 is 13.9 Å². The third-order valence-electron chi connectivity index (χ3n) is 6.48. The molecule has 3 aromatic carbocycles. The number of benzene rings is 3. The van der Waals surface area contributed by atoms with Gasteiger partial charge in [0.25, 0.3) is 0 Å². The van der Waals surface area contributed by atoms with Gasteiger partial charge in [0.15, 0.2) is 0 Å². The Morgan fingerprint density at radius 2 is 1.79 bits per heavy atom. The Morgan fingerprint density at radius 1 is 1.06 bits per heavy atom. The van der Waals surface area contributed by atoms with Gasteiger partial charge in [0, 0.05) is 30.8 Å². The molecule has 3 N–H and O–H groups in total. The number of alkyl halides is 1. The molecule has 174 valence electrons. The summed E-state index contributed by atoms with van der Waals surface area (Å²) in [7, 11) is 0. The monoisotopic (exact) mass is 458 g/mol. The van der Waals surface area contributed by atoms with Gasteiger partial charge in [-0.1, -0.05) is 42.5 Å². The van der Waals surface area contributed by atoms with Crippen molar-refractivity contribution in [2.45, 2.75) is 31.6 Å². The maximum atomic E-state index is 13.8. The molecule has 0 saturated carbocycles. The van der Waals surface area contributed by atoms with Gasteiger partial charge in [0.1, 0.15) is 29.5 Å². The summed E-state index contributed by atoms with van der Waals surface area (Å²) in [6.45, 7) is 1.11. The molecule has 0 bridgehead atoms. The van der Waals surface area contributed by atoms with E-state index >= 15 is 0 Å². The van der Waals surface area contributed by atoms with E-state index in [4.69, 9.17) is 15.9 Å². The van der Waals surface area contributed by atoms with Gasteiger partial charge in [0.2, 0.25) is 5.91 Å². The highest BCUT2D eigenvalue weighted by atomic mass is 19.1. The van der Waals surface area contributed by atoms with Crippen molar-refractivity contribution in [3.05, 3.63) is 89.5 Å². The average Bonchev–Trinajstić information content (AvgIpc) is 3.44. The van der Waals surface area contributed by atoms with Gasteiger partial charge in [-0.25, -0.2) is 4.39 Å². The Kier molecular flexibility index (Phi) is 5.92. The molecule has 7 heteroatoms. The summed E-state index contributed by atoms with van der Waals surface area (Å²) < 4.78 is 19.7. The summed E-state index contributed by atoms with van der Waals surface area (Å²) in [5.74, 6) is 1.43. The highest BCUT2D eigenvalue weighted by Crippen LogP contribution is 2.36. The molecule has 0 radical (unpaired) electrons. The number of nitrogen functional groups attached to an aromatic ring is 1. The lowest BCUT2D eigenvalue weighted by atomic mass is 10.1. The van der Waals surface area contributed by atoms with E-state index < -0.39 is 12.2 Å². The van der Waals surface area contributed by atoms with Crippen molar-refractivity contribution >= 4 is 17.4 Å². The van der Waals surface area contributed by atoms with Crippen LogP contribution in [0.3, 0.4) is 0 Å². The summed E-state index contributed by atoms with van der Waals surface area (Å²) in [6, 6.07) is 22.6. The molecule has 0 aromatic heterocycles. The van der Waals surface area contributed by atoms with Crippen LogP contribution in [-0.2, 0) is 17.8 Å². The van der Waals surface area contributed by atoms with E-state index in [0.717, 1.165) is 28.3 Å². The van der Waals surface area contributed by atoms with Crippen LogP contribution in [0.4, 0.5) is 10.1 Å². The van der Waals surface area contributed by atoms with Gasteiger partial charge < -0.3 is 20.3 Å². The van der Waals surface area contributed by atoms with Crippen molar-refractivity contribution in [1.82, 2.24) is 4.90 Å². The normalized spacial score (nSPS) is 19.2. The van der Waals surface area contributed by atoms with Gasteiger partial charge in [0.05, 0.1) is 6.54 Å². The lowest BCUT2D eigenvalue weighted by Crippen LogP contribution is -2.46. The SMILES string of the molecule is N=C(N)c1ccc2c(c1)N(Cc1ccc(Oc3ccccc3)cc1)C(C(=O)N1CC[C@@H](F)C1)C2. The number of amides is 1. The van der Waals surface area contributed by atoms with Crippen molar-refractivity contribution in [3.63, 3.8) is 0 Å². The Bertz CT molecular complexity index is 1200. The van der Waals surface area contributed by atoms with E-state index in [0.29, 0.717) is 31.5 Å². The molecule has 34 heavy (non-hydrogen) atoms. The Morgan fingerprint density at radius 3 is 2.47 bits per heavy atom. The second-order valence-electron chi connectivity index (χ2n) is 8.83. The number of likely N-dealkylation sites (tertiary alicyclic amines) is 1. The van der Waals surface area contributed by atoms with Crippen LogP contribution >= 0.6 is 0 Å². The number of nitrogens with one attached hydrogen (secondary N) is 1. The fourth-order valence-corrected chi connectivity index (χ4v) is 4.69. The van der Waals surface area contributed by atoms with Gasteiger partial charge in [-0.3, -0.25) is 10.2 Å². The van der Waals surface area contributed by atoms with E-state index in [1.165, 1.54) is 0 Å². The molecule has 2 aliphatic heterocycles. The van der Waals surface area contributed by atoms with E-state index in [-0.39, 0.29) is 18.3 Å². The van der Waals surface area contributed by atoms with E-state index in [1.807, 2.05) is 72.8 Å². The molecule has 2 aliphatic rings. The summed E-state index contributed by atoms with van der Waals surface area (Å²) in [4.78, 5) is 17.1. The van der Waals surface area contributed by atoms with E-state index in [2.05, 4.69) is 4.90 Å². The summed E-state index contributed by atoms with van der Waals surface area (Å²) >= 11 is 0. The number of carbonyl (C=O) groups is 1.